The minimum atomic E-state index is -3.77. The quantitative estimate of drug-likeness (QED) is 0.619. The van der Waals surface area contributed by atoms with E-state index in [4.69, 9.17) is 9.15 Å². The van der Waals surface area contributed by atoms with Crippen molar-refractivity contribution in [2.45, 2.75) is 31.8 Å². The molecule has 0 atom stereocenters. The monoisotopic (exact) mass is 386 g/mol. The maximum Gasteiger partial charge on any atom is 0.243 e. The average Bonchev–Trinajstić information content (AvgIpc) is 3.15. The Morgan fingerprint density at radius 2 is 1.81 bits per heavy atom. The molecule has 6 nitrogen and oxygen atoms in total. The van der Waals surface area contributed by atoms with Gasteiger partial charge in [0.15, 0.2) is 0 Å². The molecule has 0 radical (unpaired) electrons. The molecule has 2 aromatic heterocycles. The van der Waals surface area contributed by atoms with Crippen molar-refractivity contribution in [2.24, 2.45) is 0 Å². The molecule has 0 saturated carbocycles. The summed E-state index contributed by atoms with van der Waals surface area (Å²) in [6, 6.07) is 12.2. The Hall–Kier alpha value is -2.64. The van der Waals surface area contributed by atoms with Crippen molar-refractivity contribution in [1.82, 2.24) is 9.29 Å². The highest BCUT2D eigenvalue weighted by Gasteiger charge is 2.27. The Morgan fingerprint density at radius 3 is 2.37 bits per heavy atom. The van der Waals surface area contributed by atoms with E-state index in [1.807, 2.05) is 19.9 Å². The zero-order chi connectivity index (χ0) is 19.4. The molecule has 0 spiro atoms. The van der Waals surface area contributed by atoms with Gasteiger partial charge in [0.1, 0.15) is 11.5 Å². The van der Waals surface area contributed by atoms with Gasteiger partial charge in [-0.3, -0.25) is 4.98 Å². The van der Waals surface area contributed by atoms with Crippen LogP contribution in [0.15, 0.2) is 64.2 Å². The fraction of sp³-hybridized carbons (Fsp3) is 0.250. The summed E-state index contributed by atoms with van der Waals surface area (Å²) in [5.74, 6) is 1.26. The molecular weight excluding hydrogens is 364 g/mol. The summed E-state index contributed by atoms with van der Waals surface area (Å²) in [6.07, 6.45) is 3.18. The molecule has 0 fully saturated rings. The summed E-state index contributed by atoms with van der Waals surface area (Å²) < 4.78 is 38.9. The third kappa shape index (κ3) is 4.20. The highest BCUT2D eigenvalue weighted by atomic mass is 32.2. The smallest absolute Gasteiger partial charge is 0.243 e. The number of aromatic nitrogens is 1. The van der Waals surface area contributed by atoms with Crippen LogP contribution in [-0.2, 0) is 23.1 Å². The molecule has 0 amide bonds. The lowest BCUT2D eigenvalue weighted by Crippen LogP contribution is -2.30. The first kappa shape index (κ1) is 19.1. The molecule has 3 aromatic rings. The molecule has 142 valence electrons. The summed E-state index contributed by atoms with van der Waals surface area (Å²) >= 11 is 0. The molecule has 2 heterocycles. The van der Waals surface area contributed by atoms with E-state index < -0.39 is 10.0 Å². The predicted molar refractivity (Wildman–Crippen MR) is 102 cm³/mol. The van der Waals surface area contributed by atoms with Crippen molar-refractivity contribution < 1.29 is 17.6 Å². The molecular formula is C20H22N2O4S. The van der Waals surface area contributed by atoms with Gasteiger partial charge in [-0.1, -0.05) is 6.07 Å². The SMILES string of the molecule is COc1c(C)cc(S(=O)(=O)N(Cc2ccccn2)Cc2ccco2)cc1C. The van der Waals surface area contributed by atoms with E-state index >= 15 is 0 Å². The molecule has 0 saturated heterocycles. The number of ether oxygens (including phenoxy) is 1. The first-order valence-electron chi connectivity index (χ1n) is 8.49. The number of methoxy groups -OCH3 is 1. The van der Waals surface area contributed by atoms with Crippen molar-refractivity contribution in [3.05, 3.63) is 77.5 Å². The predicted octanol–water partition coefficient (Wildman–Crippen LogP) is 3.69. The van der Waals surface area contributed by atoms with Gasteiger partial charge in [-0.05, 0) is 61.4 Å². The van der Waals surface area contributed by atoms with Crippen LogP contribution in [0.3, 0.4) is 0 Å². The van der Waals surface area contributed by atoms with Crippen molar-refractivity contribution in [2.75, 3.05) is 7.11 Å². The number of aryl methyl sites for hydroxylation is 2. The highest BCUT2D eigenvalue weighted by Crippen LogP contribution is 2.29. The molecule has 0 N–H and O–H groups in total. The van der Waals surface area contributed by atoms with Crippen molar-refractivity contribution >= 4 is 10.0 Å². The van der Waals surface area contributed by atoms with Gasteiger partial charge in [0.25, 0.3) is 0 Å². The average molecular weight is 386 g/mol. The Kier molecular flexibility index (Phi) is 5.62. The van der Waals surface area contributed by atoms with E-state index in [9.17, 15) is 8.42 Å². The minimum Gasteiger partial charge on any atom is -0.496 e. The molecule has 0 unspecified atom stereocenters. The van der Waals surface area contributed by atoms with E-state index in [0.29, 0.717) is 17.2 Å². The molecule has 7 heteroatoms. The van der Waals surface area contributed by atoms with E-state index in [-0.39, 0.29) is 18.0 Å². The van der Waals surface area contributed by atoms with E-state index in [1.54, 1.807) is 49.7 Å². The van der Waals surface area contributed by atoms with Crippen molar-refractivity contribution in [1.29, 1.82) is 0 Å². The van der Waals surface area contributed by atoms with Gasteiger partial charge in [-0.2, -0.15) is 4.31 Å². The van der Waals surface area contributed by atoms with Crippen LogP contribution >= 0.6 is 0 Å². The fourth-order valence-corrected chi connectivity index (χ4v) is 4.55. The Balaban J connectivity index is 2.01. The van der Waals surface area contributed by atoms with E-state index in [2.05, 4.69) is 4.98 Å². The standard InChI is InChI=1S/C20H22N2O4S/c1-15-11-19(12-16(2)20(15)25-3)27(23,24)22(14-18-8-6-10-26-18)13-17-7-4-5-9-21-17/h4-12H,13-14H2,1-3H3. The second kappa shape index (κ2) is 7.94. The summed E-state index contributed by atoms with van der Waals surface area (Å²) in [5, 5.41) is 0. The second-order valence-corrected chi connectivity index (χ2v) is 8.20. The van der Waals surface area contributed by atoms with Crippen LogP contribution in [-0.4, -0.2) is 24.8 Å². The largest absolute Gasteiger partial charge is 0.496 e. The van der Waals surface area contributed by atoms with Crippen LogP contribution in [0, 0.1) is 13.8 Å². The maximum absolute atomic E-state index is 13.4. The maximum atomic E-state index is 13.4. The Labute approximate surface area is 159 Å². The molecule has 0 aliphatic heterocycles. The number of benzene rings is 1. The van der Waals surface area contributed by atoms with Gasteiger partial charge in [0.05, 0.1) is 37.1 Å². The molecule has 3 rings (SSSR count). The third-order valence-electron chi connectivity index (χ3n) is 4.25. The van der Waals surface area contributed by atoms with Crippen LogP contribution in [0.25, 0.3) is 0 Å². The Bertz CT molecular complexity index is 977. The van der Waals surface area contributed by atoms with Crippen LogP contribution in [0.1, 0.15) is 22.6 Å². The molecule has 1 aromatic carbocycles. The number of hydrogen-bond acceptors (Lipinski definition) is 5. The van der Waals surface area contributed by atoms with Gasteiger partial charge in [-0.25, -0.2) is 8.42 Å². The number of furan rings is 1. The lowest BCUT2D eigenvalue weighted by molar-refractivity contribution is 0.355. The summed E-state index contributed by atoms with van der Waals surface area (Å²) in [7, 11) is -2.19. The Morgan fingerprint density at radius 1 is 1.07 bits per heavy atom. The second-order valence-electron chi connectivity index (χ2n) is 6.26. The van der Waals surface area contributed by atoms with Crippen LogP contribution < -0.4 is 4.74 Å². The van der Waals surface area contributed by atoms with Gasteiger partial charge >= 0.3 is 0 Å². The number of sulfonamides is 1. The van der Waals surface area contributed by atoms with Crippen LogP contribution in [0.5, 0.6) is 5.75 Å². The van der Waals surface area contributed by atoms with E-state index in [1.165, 1.54) is 10.6 Å². The normalized spacial score (nSPS) is 11.7. The van der Waals surface area contributed by atoms with Crippen LogP contribution in [0.2, 0.25) is 0 Å². The zero-order valence-electron chi connectivity index (χ0n) is 15.5. The first-order chi connectivity index (χ1) is 12.9. The number of pyridine rings is 1. The van der Waals surface area contributed by atoms with E-state index in [0.717, 1.165) is 11.1 Å². The zero-order valence-corrected chi connectivity index (χ0v) is 16.4. The molecule has 0 aliphatic rings. The lowest BCUT2D eigenvalue weighted by atomic mass is 10.1. The van der Waals surface area contributed by atoms with Gasteiger partial charge < -0.3 is 9.15 Å². The lowest BCUT2D eigenvalue weighted by Gasteiger charge is -2.22. The van der Waals surface area contributed by atoms with Crippen LogP contribution in [0.4, 0.5) is 0 Å². The minimum absolute atomic E-state index is 0.121. The molecule has 27 heavy (non-hydrogen) atoms. The van der Waals surface area contributed by atoms with Crippen molar-refractivity contribution in [3.8, 4) is 5.75 Å². The third-order valence-corrected chi connectivity index (χ3v) is 6.02. The van der Waals surface area contributed by atoms with Gasteiger partial charge in [-0.15, -0.1) is 0 Å². The topological polar surface area (TPSA) is 72.6 Å². The number of nitrogens with zero attached hydrogens (tertiary/aromatic N) is 2. The van der Waals surface area contributed by atoms with Gasteiger partial charge in [0, 0.05) is 6.20 Å². The summed E-state index contributed by atoms with van der Waals surface area (Å²) in [6.45, 7) is 3.94. The summed E-state index contributed by atoms with van der Waals surface area (Å²) in [5.41, 5.74) is 2.20. The number of rotatable bonds is 7. The van der Waals surface area contributed by atoms with Crippen molar-refractivity contribution in [3.63, 3.8) is 0 Å². The first-order valence-corrected chi connectivity index (χ1v) is 9.93. The van der Waals surface area contributed by atoms with Gasteiger partial charge in [0.2, 0.25) is 10.0 Å². The highest BCUT2D eigenvalue weighted by molar-refractivity contribution is 7.89. The molecule has 0 bridgehead atoms. The molecule has 0 aliphatic carbocycles. The summed E-state index contributed by atoms with van der Waals surface area (Å²) in [4.78, 5) is 4.48. The fourth-order valence-electron chi connectivity index (χ4n) is 3.01. The number of hydrogen-bond donors (Lipinski definition) is 0.